The van der Waals surface area contributed by atoms with Gasteiger partial charge in [-0.15, -0.1) is 0 Å². The number of nitrogens with zero attached hydrogens (tertiary/aromatic N) is 1. The van der Waals surface area contributed by atoms with E-state index in [1.54, 1.807) is 18.2 Å². The van der Waals surface area contributed by atoms with Crippen LogP contribution in [0.5, 0.6) is 5.75 Å². The molecule has 1 aliphatic heterocycles. The highest BCUT2D eigenvalue weighted by molar-refractivity contribution is 5.94. The molecule has 1 atom stereocenters. The van der Waals surface area contributed by atoms with Crippen molar-refractivity contribution >= 4 is 5.91 Å². The second kappa shape index (κ2) is 5.87. The van der Waals surface area contributed by atoms with E-state index in [2.05, 4.69) is 17.1 Å². The molecule has 2 N–H and O–H groups in total. The van der Waals surface area contributed by atoms with Crippen LogP contribution >= 0.6 is 0 Å². The van der Waals surface area contributed by atoms with E-state index in [0.29, 0.717) is 18.2 Å². The third-order valence-corrected chi connectivity index (χ3v) is 3.43. The van der Waals surface area contributed by atoms with E-state index in [0.717, 1.165) is 13.1 Å². The van der Waals surface area contributed by atoms with Gasteiger partial charge >= 0.3 is 0 Å². The number of amides is 1. The minimum Gasteiger partial charge on any atom is -0.508 e. The van der Waals surface area contributed by atoms with Crippen LogP contribution in [0.15, 0.2) is 24.3 Å². The van der Waals surface area contributed by atoms with Crippen molar-refractivity contribution in [2.24, 2.45) is 0 Å². The molecule has 1 saturated heterocycles. The zero-order valence-corrected chi connectivity index (χ0v) is 10.7. The van der Waals surface area contributed by atoms with Crippen LogP contribution in [-0.4, -0.2) is 41.6 Å². The Hall–Kier alpha value is -1.55. The summed E-state index contributed by atoms with van der Waals surface area (Å²) < 4.78 is 0. The van der Waals surface area contributed by atoms with E-state index in [1.807, 2.05) is 0 Å². The first-order valence-corrected chi connectivity index (χ1v) is 6.48. The lowest BCUT2D eigenvalue weighted by Crippen LogP contribution is -2.40. The Labute approximate surface area is 108 Å². The molecule has 98 valence electrons. The van der Waals surface area contributed by atoms with Gasteiger partial charge in [0.2, 0.25) is 0 Å². The van der Waals surface area contributed by atoms with E-state index in [1.165, 1.54) is 18.9 Å². The number of aromatic hydroxyl groups is 1. The summed E-state index contributed by atoms with van der Waals surface area (Å²) in [4.78, 5) is 14.3. The SMILES string of the molecule is CC(CNC(=O)c1cccc(O)c1)N1CCCC1. The van der Waals surface area contributed by atoms with Gasteiger partial charge in [0.25, 0.3) is 5.91 Å². The van der Waals surface area contributed by atoms with Crippen LogP contribution < -0.4 is 5.32 Å². The van der Waals surface area contributed by atoms with Gasteiger partial charge in [0.05, 0.1) is 0 Å². The number of likely N-dealkylation sites (tertiary alicyclic amines) is 1. The molecule has 0 spiro atoms. The molecular weight excluding hydrogens is 228 g/mol. The molecule has 4 nitrogen and oxygen atoms in total. The summed E-state index contributed by atoms with van der Waals surface area (Å²) in [5, 5.41) is 12.2. The van der Waals surface area contributed by atoms with Crippen molar-refractivity contribution in [3.8, 4) is 5.75 Å². The summed E-state index contributed by atoms with van der Waals surface area (Å²) in [7, 11) is 0. The van der Waals surface area contributed by atoms with Crippen LogP contribution in [0.3, 0.4) is 0 Å². The summed E-state index contributed by atoms with van der Waals surface area (Å²) in [5.74, 6) is -0.00723. The molecule has 1 heterocycles. The number of hydrogen-bond acceptors (Lipinski definition) is 3. The largest absolute Gasteiger partial charge is 0.508 e. The number of rotatable bonds is 4. The highest BCUT2D eigenvalue weighted by atomic mass is 16.3. The lowest BCUT2D eigenvalue weighted by molar-refractivity contribution is 0.0940. The third-order valence-electron chi connectivity index (χ3n) is 3.43. The van der Waals surface area contributed by atoms with Gasteiger partial charge < -0.3 is 10.4 Å². The first-order valence-electron chi connectivity index (χ1n) is 6.48. The smallest absolute Gasteiger partial charge is 0.251 e. The standard InChI is InChI=1S/C14H20N2O2/c1-11(16-7-2-3-8-16)10-15-14(18)12-5-4-6-13(17)9-12/h4-6,9,11,17H,2-3,7-8,10H2,1H3,(H,15,18). The normalized spacial score (nSPS) is 17.6. The minimum atomic E-state index is -0.128. The summed E-state index contributed by atoms with van der Waals surface area (Å²) in [6, 6.07) is 6.79. The third kappa shape index (κ3) is 3.23. The predicted octanol–water partition coefficient (Wildman–Crippen LogP) is 1.61. The molecule has 0 saturated carbocycles. The Balaban J connectivity index is 1.84. The maximum Gasteiger partial charge on any atom is 0.251 e. The monoisotopic (exact) mass is 248 g/mol. The summed E-state index contributed by atoms with van der Waals surface area (Å²) >= 11 is 0. The lowest BCUT2D eigenvalue weighted by atomic mass is 10.2. The molecular formula is C14H20N2O2. The molecule has 1 aromatic carbocycles. The van der Waals surface area contributed by atoms with Gasteiger partial charge in [-0.2, -0.15) is 0 Å². The van der Waals surface area contributed by atoms with Crippen molar-refractivity contribution in [3.05, 3.63) is 29.8 Å². The minimum absolute atomic E-state index is 0.121. The summed E-state index contributed by atoms with van der Waals surface area (Å²) in [6.07, 6.45) is 2.51. The molecule has 0 radical (unpaired) electrons. The van der Waals surface area contributed by atoms with Crippen molar-refractivity contribution in [1.29, 1.82) is 0 Å². The van der Waals surface area contributed by atoms with Gasteiger partial charge in [0.15, 0.2) is 0 Å². The Morgan fingerprint density at radius 1 is 1.44 bits per heavy atom. The molecule has 1 aliphatic rings. The number of phenolic OH excluding ortho intramolecular Hbond substituents is 1. The molecule has 0 bridgehead atoms. The van der Waals surface area contributed by atoms with E-state index >= 15 is 0 Å². The molecule has 0 aromatic heterocycles. The highest BCUT2D eigenvalue weighted by Gasteiger charge is 2.18. The Kier molecular flexibility index (Phi) is 4.20. The molecule has 2 rings (SSSR count). The first kappa shape index (κ1) is 12.9. The topological polar surface area (TPSA) is 52.6 Å². The quantitative estimate of drug-likeness (QED) is 0.851. The first-order chi connectivity index (χ1) is 8.66. The van der Waals surface area contributed by atoms with Crippen molar-refractivity contribution in [2.75, 3.05) is 19.6 Å². The van der Waals surface area contributed by atoms with Crippen LogP contribution in [0.1, 0.15) is 30.1 Å². The molecule has 1 fully saturated rings. The van der Waals surface area contributed by atoms with E-state index in [-0.39, 0.29) is 11.7 Å². The molecule has 1 amide bonds. The van der Waals surface area contributed by atoms with Crippen molar-refractivity contribution in [2.45, 2.75) is 25.8 Å². The zero-order valence-electron chi connectivity index (χ0n) is 10.7. The van der Waals surface area contributed by atoms with Gasteiger partial charge in [-0.3, -0.25) is 9.69 Å². The number of carbonyl (C=O) groups excluding carboxylic acids is 1. The maximum absolute atomic E-state index is 11.9. The number of hydrogen-bond donors (Lipinski definition) is 2. The predicted molar refractivity (Wildman–Crippen MR) is 70.7 cm³/mol. The average molecular weight is 248 g/mol. The van der Waals surface area contributed by atoms with Gasteiger partial charge in [0.1, 0.15) is 5.75 Å². The van der Waals surface area contributed by atoms with Crippen LogP contribution in [-0.2, 0) is 0 Å². The van der Waals surface area contributed by atoms with Crippen molar-refractivity contribution < 1.29 is 9.90 Å². The van der Waals surface area contributed by atoms with Gasteiger partial charge in [0, 0.05) is 18.2 Å². The van der Waals surface area contributed by atoms with Crippen LogP contribution in [0.4, 0.5) is 0 Å². The second-order valence-corrected chi connectivity index (χ2v) is 4.85. The molecule has 1 aromatic rings. The molecule has 4 heteroatoms. The summed E-state index contributed by atoms with van der Waals surface area (Å²) in [6.45, 7) is 5.04. The average Bonchev–Trinajstić information content (AvgIpc) is 2.89. The number of nitrogens with one attached hydrogen (secondary N) is 1. The van der Waals surface area contributed by atoms with Crippen LogP contribution in [0.25, 0.3) is 0 Å². The number of carbonyl (C=O) groups is 1. The second-order valence-electron chi connectivity index (χ2n) is 4.85. The maximum atomic E-state index is 11.9. The fraction of sp³-hybridized carbons (Fsp3) is 0.500. The Bertz CT molecular complexity index is 414. The van der Waals surface area contributed by atoms with Crippen LogP contribution in [0, 0.1) is 0 Å². The van der Waals surface area contributed by atoms with Crippen molar-refractivity contribution in [1.82, 2.24) is 10.2 Å². The zero-order chi connectivity index (χ0) is 13.0. The lowest BCUT2D eigenvalue weighted by Gasteiger charge is -2.23. The van der Waals surface area contributed by atoms with E-state index in [4.69, 9.17) is 0 Å². The summed E-state index contributed by atoms with van der Waals surface area (Å²) in [5.41, 5.74) is 0.503. The number of benzene rings is 1. The fourth-order valence-electron chi connectivity index (χ4n) is 2.30. The Morgan fingerprint density at radius 3 is 2.83 bits per heavy atom. The fourth-order valence-corrected chi connectivity index (χ4v) is 2.30. The molecule has 0 aliphatic carbocycles. The number of phenols is 1. The molecule has 18 heavy (non-hydrogen) atoms. The van der Waals surface area contributed by atoms with Crippen LogP contribution in [0.2, 0.25) is 0 Å². The van der Waals surface area contributed by atoms with E-state index < -0.39 is 0 Å². The van der Waals surface area contributed by atoms with Gasteiger partial charge in [-0.1, -0.05) is 6.07 Å². The van der Waals surface area contributed by atoms with Gasteiger partial charge in [-0.05, 0) is 51.1 Å². The molecule has 1 unspecified atom stereocenters. The van der Waals surface area contributed by atoms with E-state index in [9.17, 15) is 9.90 Å². The Morgan fingerprint density at radius 2 is 2.17 bits per heavy atom. The highest BCUT2D eigenvalue weighted by Crippen LogP contribution is 2.12. The van der Waals surface area contributed by atoms with Gasteiger partial charge in [-0.25, -0.2) is 0 Å². The van der Waals surface area contributed by atoms with Crippen molar-refractivity contribution in [3.63, 3.8) is 0 Å².